The van der Waals surface area contributed by atoms with Gasteiger partial charge in [0, 0.05) is 19.2 Å². The highest BCUT2D eigenvalue weighted by molar-refractivity contribution is 5.36. The molecule has 0 amide bonds. The topological polar surface area (TPSA) is 92.2 Å². The summed E-state index contributed by atoms with van der Waals surface area (Å²) >= 11 is 0. The molecule has 21 heavy (non-hydrogen) atoms. The number of nitrogens with one attached hydrogen (secondary N) is 2. The Bertz CT molecular complexity index is 426. The third kappa shape index (κ3) is 6.12. The molecule has 0 spiro atoms. The molecule has 0 bridgehead atoms. The van der Waals surface area contributed by atoms with E-state index in [0.717, 1.165) is 6.54 Å². The van der Waals surface area contributed by atoms with E-state index in [0.29, 0.717) is 30.2 Å². The quantitative estimate of drug-likeness (QED) is 0.641. The van der Waals surface area contributed by atoms with Crippen LogP contribution in [0, 0.1) is 5.92 Å². The molecule has 0 aliphatic carbocycles. The van der Waals surface area contributed by atoms with Gasteiger partial charge in [0.15, 0.2) is 0 Å². The predicted molar refractivity (Wildman–Crippen MR) is 83.7 cm³/mol. The summed E-state index contributed by atoms with van der Waals surface area (Å²) in [6, 6.07) is 0.392. The lowest BCUT2D eigenvalue weighted by molar-refractivity contribution is 0.222. The molecule has 1 heterocycles. The minimum absolute atomic E-state index is 0.00642. The number of ether oxygens (including phenoxy) is 1. The van der Waals surface area contributed by atoms with Gasteiger partial charge >= 0.3 is 6.01 Å². The normalized spacial score (nSPS) is 12.6. The van der Waals surface area contributed by atoms with Crippen LogP contribution in [0.15, 0.2) is 0 Å². The molecule has 0 saturated carbocycles. The average Bonchev–Trinajstić information content (AvgIpc) is 2.37. The smallest absolute Gasteiger partial charge is 0.323 e. The fourth-order valence-electron chi connectivity index (χ4n) is 1.80. The molecule has 1 atom stereocenters. The lowest BCUT2D eigenvalue weighted by Gasteiger charge is -2.22. The maximum absolute atomic E-state index is 9.15. The molecule has 1 aromatic rings. The van der Waals surface area contributed by atoms with Crippen LogP contribution in [-0.4, -0.2) is 45.4 Å². The van der Waals surface area contributed by atoms with Crippen LogP contribution in [-0.2, 0) is 0 Å². The molecule has 0 fully saturated rings. The van der Waals surface area contributed by atoms with Crippen molar-refractivity contribution in [3.8, 4) is 6.01 Å². The first kappa shape index (κ1) is 17.4. The van der Waals surface area contributed by atoms with Crippen molar-refractivity contribution in [3.05, 3.63) is 0 Å². The number of aliphatic hydroxyl groups excluding tert-OH is 1. The summed E-state index contributed by atoms with van der Waals surface area (Å²) in [6.45, 7) is 10.8. The third-order valence-electron chi connectivity index (χ3n) is 2.85. The van der Waals surface area contributed by atoms with E-state index in [2.05, 4.69) is 39.4 Å². The first-order valence-electron chi connectivity index (χ1n) is 7.50. The number of aliphatic hydroxyl groups is 1. The molecule has 0 aromatic carbocycles. The van der Waals surface area contributed by atoms with Gasteiger partial charge in [-0.2, -0.15) is 15.0 Å². The van der Waals surface area contributed by atoms with Gasteiger partial charge in [0.05, 0.1) is 6.10 Å². The zero-order valence-corrected chi connectivity index (χ0v) is 13.6. The molecule has 1 rings (SSSR count). The fourth-order valence-corrected chi connectivity index (χ4v) is 1.80. The number of aromatic nitrogens is 3. The molecule has 3 N–H and O–H groups in total. The minimum atomic E-state index is -0.00642. The Labute approximate surface area is 126 Å². The first-order valence-corrected chi connectivity index (χ1v) is 7.50. The van der Waals surface area contributed by atoms with E-state index in [4.69, 9.17) is 9.84 Å². The molecule has 0 saturated heterocycles. The van der Waals surface area contributed by atoms with E-state index in [1.165, 1.54) is 0 Å². The van der Waals surface area contributed by atoms with Crippen LogP contribution in [0.2, 0.25) is 0 Å². The first-order chi connectivity index (χ1) is 9.96. The lowest BCUT2D eigenvalue weighted by atomic mass is 10.0. The van der Waals surface area contributed by atoms with Crippen LogP contribution in [0.5, 0.6) is 6.01 Å². The van der Waals surface area contributed by atoms with Crippen LogP contribution < -0.4 is 15.4 Å². The van der Waals surface area contributed by atoms with Gasteiger partial charge in [-0.1, -0.05) is 13.8 Å². The molecule has 0 aliphatic rings. The van der Waals surface area contributed by atoms with Gasteiger partial charge < -0.3 is 20.5 Å². The Morgan fingerprint density at radius 3 is 2.29 bits per heavy atom. The Morgan fingerprint density at radius 2 is 1.76 bits per heavy atom. The van der Waals surface area contributed by atoms with Gasteiger partial charge in [-0.15, -0.1) is 0 Å². The van der Waals surface area contributed by atoms with Gasteiger partial charge in [0.2, 0.25) is 11.9 Å². The van der Waals surface area contributed by atoms with Crippen LogP contribution in [0.1, 0.15) is 41.0 Å². The van der Waals surface area contributed by atoms with Gasteiger partial charge in [-0.25, -0.2) is 0 Å². The number of hydrogen-bond acceptors (Lipinski definition) is 7. The summed E-state index contributed by atoms with van der Waals surface area (Å²) in [7, 11) is 0. The molecule has 120 valence electrons. The second-order valence-corrected chi connectivity index (χ2v) is 5.47. The highest BCUT2D eigenvalue weighted by atomic mass is 16.5. The summed E-state index contributed by atoms with van der Waals surface area (Å²) in [6.07, 6.45) is 0.633. The zero-order valence-electron chi connectivity index (χ0n) is 13.6. The monoisotopic (exact) mass is 297 g/mol. The van der Waals surface area contributed by atoms with Crippen molar-refractivity contribution >= 4 is 11.9 Å². The molecule has 1 aromatic heterocycles. The average molecular weight is 297 g/mol. The molecule has 1 unspecified atom stereocenters. The van der Waals surface area contributed by atoms with E-state index in [-0.39, 0.29) is 18.8 Å². The number of nitrogens with zero attached hydrogens (tertiary/aromatic N) is 3. The van der Waals surface area contributed by atoms with E-state index in [1.54, 1.807) is 0 Å². The van der Waals surface area contributed by atoms with Crippen molar-refractivity contribution in [2.75, 3.05) is 23.8 Å². The van der Waals surface area contributed by atoms with Crippen LogP contribution >= 0.6 is 0 Å². The van der Waals surface area contributed by atoms with E-state index in [1.807, 2.05) is 20.8 Å². The van der Waals surface area contributed by atoms with E-state index in [9.17, 15) is 0 Å². The summed E-state index contributed by atoms with van der Waals surface area (Å²) in [5, 5.41) is 15.5. The van der Waals surface area contributed by atoms with Crippen molar-refractivity contribution in [2.45, 2.75) is 53.2 Å². The maximum atomic E-state index is 9.15. The number of anilines is 2. The summed E-state index contributed by atoms with van der Waals surface area (Å²) in [5.41, 5.74) is 0. The fraction of sp³-hybridized carbons (Fsp3) is 0.786. The minimum Gasteiger partial charge on any atom is -0.461 e. The molecular weight excluding hydrogens is 270 g/mol. The third-order valence-corrected chi connectivity index (χ3v) is 2.85. The van der Waals surface area contributed by atoms with Crippen molar-refractivity contribution in [2.24, 2.45) is 5.92 Å². The van der Waals surface area contributed by atoms with Gasteiger partial charge in [-0.05, 0) is 33.1 Å². The van der Waals surface area contributed by atoms with Crippen molar-refractivity contribution < 1.29 is 9.84 Å². The second-order valence-electron chi connectivity index (χ2n) is 5.47. The standard InChI is InChI=1S/C14H27N5O2/c1-6-15-12-17-13(16-11(7-8-20)9(2)3)19-14(18-12)21-10(4)5/h9-11,20H,6-8H2,1-5H3,(H2,15,16,17,18,19). The van der Waals surface area contributed by atoms with E-state index >= 15 is 0 Å². The zero-order chi connectivity index (χ0) is 15.8. The summed E-state index contributed by atoms with van der Waals surface area (Å²) < 4.78 is 5.55. The molecule has 0 radical (unpaired) electrons. The molecule has 7 nitrogen and oxygen atoms in total. The van der Waals surface area contributed by atoms with Crippen LogP contribution in [0.3, 0.4) is 0 Å². The second kappa shape index (κ2) is 8.61. The summed E-state index contributed by atoms with van der Waals surface area (Å²) in [5.74, 6) is 1.30. The van der Waals surface area contributed by atoms with Crippen molar-refractivity contribution in [3.63, 3.8) is 0 Å². The Balaban J connectivity index is 2.94. The van der Waals surface area contributed by atoms with Gasteiger partial charge in [0.1, 0.15) is 0 Å². The predicted octanol–water partition coefficient (Wildman–Crippen LogP) is 1.91. The Hall–Kier alpha value is -1.63. The Morgan fingerprint density at radius 1 is 1.10 bits per heavy atom. The van der Waals surface area contributed by atoms with Gasteiger partial charge in [-0.3, -0.25) is 0 Å². The number of rotatable bonds is 9. The highest BCUT2D eigenvalue weighted by Crippen LogP contribution is 2.16. The van der Waals surface area contributed by atoms with Crippen molar-refractivity contribution in [1.82, 2.24) is 15.0 Å². The molecule has 7 heteroatoms. The largest absolute Gasteiger partial charge is 0.461 e. The maximum Gasteiger partial charge on any atom is 0.323 e. The highest BCUT2D eigenvalue weighted by Gasteiger charge is 2.16. The SMILES string of the molecule is CCNc1nc(NC(CCO)C(C)C)nc(OC(C)C)n1. The van der Waals surface area contributed by atoms with Crippen LogP contribution in [0.4, 0.5) is 11.9 Å². The van der Waals surface area contributed by atoms with E-state index < -0.39 is 0 Å². The summed E-state index contributed by atoms with van der Waals surface area (Å²) in [4.78, 5) is 12.8. The van der Waals surface area contributed by atoms with Gasteiger partial charge in [0.25, 0.3) is 0 Å². The lowest BCUT2D eigenvalue weighted by Crippen LogP contribution is -2.28. The van der Waals surface area contributed by atoms with Crippen molar-refractivity contribution in [1.29, 1.82) is 0 Å². The molecular formula is C14H27N5O2. The molecule has 0 aliphatic heterocycles. The van der Waals surface area contributed by atoms with Crippen LogP contribution in [0.25, 0.3) is 0 Å². The Kier molecular flexibility index (Phi) is 7.14. The number of hydrogen-bond donors (Lipinski definition) is 3.